The number of ether oxygens (including phenoxy) is 1. The SMILES string of the molecule is CC(CNC(=O)CCCNC(=O)OC(C)(C)C)N1CCc2ccccc2C1. The predicted molar refractivity (Wildman–Crippen MR) is 106 cm³/mol. The van der Waals surface area contributed by atoms with Gasteiger partial charge in [-0.3, -0.25) is 9.69 Å². The van der Waals surface area contributed by atoms with E-state index in [9.17, 15) is 9.59 Å². The molecule has 1 atom stereocenters. The lowest BCUT2D eigenvalue weighted by molar-refractivity contribution is -0.121. The van der Waals surface area contributed by atoms with Crippen LogP contribution in [0.3, 0.4) is 0 Å². The third-order valence-corrected chi connectivity index (χ3v) is 4.63. The molecule has 0 bridgehead atoms. The smallest absolute Gasteiger partial charge is 0.407 e. The van der Waals surface area contributed by atoms with Crippen LogP contribution in [0.2, 0.25) is 0 Å². The molecule has 0 saturated carbocycles. The van der Waals surface area contributed by atoms with E-state index >= 15 is 0 Å². The molecule has 1 aromatic rings. The second kappa shape index (κ2) is 9.74. The number of nitrogens with zero attached hydrogens (tertiary/aromatic N) is 1. The Morgan fingerprint density at radius 3 is 2.59 bits per heavy atom. The Balaban J connectivity index is 1.61. The molecule has 27 heavy (non-hydrogen) atoms. The molecule has 6 heteroatoms. The summed E-state index contributed by atoms with van der Waals surface area (Å²) >= 11 is 0. The summed E-state index contributed by atoms with van der Waals surface area (Å²) in [6.07, 6.45) is 1.61. The molecule has 2 amide bonds. The van der Waals surface area contributed by atoms with Crippen LogP contribution in [-0.2, 0) is 22.5 Å². The topological polar surface area (TPSA) is 70.7 Å². The van der Waals surface area contributed by atoms with Crippen molar-refractivity contribution >= 4 is 12.0 Å². The van der Waals surface area contributed by atoms with Crippen molar-refractivity contribution in [3.8, 4) is 0 Å². The summed E-state index contributed by atoms with van der Waals surface area (Å²) in [5, 5.41) is 5.68. The Labute approximate surface area is 162 Å². The molecule has 2 rings (SSSR count). The second-order valence-corrected chi connectivity index (χ2v) is 8.17. The van der Waals surface area contributed by atoms with Gasteiger partial charge in [0.15, 0.2) is 0 Å². The number of carbonyl (C=O) groups excluding carboxylic acids is 2. The van der Waals surface area contributed by atoms with Crippen molar-refractivity contribution in [3.63, 3.8) is 0 Å². The summed E-state index contributed by atoms with van der Waals surface area (Å²) in [5.74, 6) is 0.0187. The van der Waals surface area contributed by atoms with Crippen molar-refractivity contribution in [2.45, 2.75) is 65.1 Å². The highest BCUT2D eigenvalue weighted by Crippen LogP contribution is 2.19. The number of amides is 2. The van der Waals surface area contributed by atoms with Crippen molar-refractivity contribution in [2.75, 3.05) is 19.6 Å². The molecule has 0 fully saturated rings. The first-order chi connectivity index (χ1) is 12.7. The first-order valence-corrected chi connectivity index (χ1v) is 9.79. The van der Waals surface area contributed by atoms with Crippen LogP contribution in [0.1, 0.15) is 51.7 Å². The molecule has 1 aromatic carbocycles. The monoisotopic (exact) mass is 375 g/mol. The highest BCUT2D eigenvalue weighted by atomic mass is 16.6. The van der Waals surface area contributed by atoms with Crippen LogP contribution in [0.4, 0.5) is 4.79 Å². The molecular formula is C21H33N3O3. The predicted octanol–water partition coefficient (Wildman–Crippen LogP) is 2.85. The number of hydrogen-bond acceptors (Lipinski definition) is 4. The lowest BCUT2D eigenvalue weighted by Gasteiger charge is -2.33. The minimum Gasteiger partial charge on any atom is -0.444 e. The fourth-order valence-corrected chi connectivity index (χ4v) is 3.13. The fourth-order valence-electron chi connectivity index (χ4n) is 3.13. The van der Waals surface area contributed by atoms with Crippen molar-refractivity contribution < 1.29 is 14.3 Å². The Bertz CT molecular complexity index is 640. The van der Waals surface area contributed by atoms with Crippen molar-refractivity contribution in [1.82, 2.24) is 15.5 Å². The third-order valence-electron chi connectivity index (χ3n) is 4.63. The Hall–Kier alpha value is -2.08. The zero-order valence-electron chi connectivity index (χ0n) is 17.0. The summed E-state index contributed by atoms with van der Waals surface area (Å²) in [7, 11) is 0. The summed E-state index contributed by atoms with van der Waals surface area (Å²) in [6, 6.07) is 8.85. The molecule has 0 saturated heterocycles. The van der Waals surface area contributed by atoms with Gasteiger partial charge in [0.1, 0.15) is 5.60 Å². The van der Waals surface area contributed by atoms with Crippen LogP contribution < -0.4 is 10.6 Å². The zero-order valence-corrected chi connectivity index (χ0v) is 17.0. The number of alkyl carbamates (subject to hydrolysis) is 1. The molecule has 2 N–H and O–H groups in total. The highest BCUT2D eigenvalue weighted by molar-refractivity contribution is 5.76. The van der Waals surface area contributed by atoms with Crippen LogP contribution in [0.25, 0.3) is 0 Å². The molecule has 0 aromatic heterocycles. The maximum absolute atomic E-state index is 12.0. The van der Waals surface area contributed by atoms with E-state index in [0.717, 1.165) is 19.5 Å². The average molecular weight is 376 g/mol. The van der Waals surface area contributed by atoms with E-state index in [-0.39, 0.29) is 5.91 Å². The van der Waals surface area contributed by atoms with Gasteiger partial charge in [-0.05, 0) is 51.7 Å². The summed E-state index contributed by atoms with van der Waals surface area (Å²) in [4.78, 5) is 26.0. The summed E-state index contributed by atoms with van der Waals surface area (Å²) in [5.41, 5.74) is 2.31. The first kappa shape index (κ1) is 21.2. The lowest BCUT2D eigenvalue weighted by Crippen LogP contribution is -2.44. The van der Waals surface area contributed by atoms with Crippen molar-refractivity contribution in [2.24, 2.45) is 0 Å². The van der Waals surface area contributed by atoms with Gasteiger partial charge in [0.2, 0.25) is 5.91 Å². The number of carbonyl (C=O) groups is 2. The Morgan fingerprint density at radius 2 is 1.89 bits per heavy atom. The molecule has 6 nitrogen and oxygen atoms in total. The Morgan fingerprint density at radius 1 is 1.19 bits per heavy atom. The van der Waals surface area contributed by atoms with Crippen LogP contribution >= 0.6 is 0 Å². The van der Waals surface area contributed by atoms with Crippen LogP contribution in [0.5, 0.6) is 0 Å². The molecular weight excluding hydrogens is 342 g/mol. The van der Waals surface area contributed by atoms with Gasteiger partial charge in [0.05, 0.1) is 0 Å². The molecule has 1 aliphatic rings. The standard InChI is InChI=1S/C21H33N3O3/c1-16(24-13-11-17-8-5-6-9-18(17)15-24)14-23-19(25)10-7-12-22-20(26)27-21(2,3)4/h5-6,8-9,16H,7,10-15H2,1-4H3,(H,22,26)(H,23,25). The zero-order chi connectivity index (χ0) is 19.9. The van der Waals surface area contributed by atoms with E-state index < -0.39 is 11.7 Å². The van der Waals surface area contributed by atoms with Gasteiger partial charge in [0.25, 0.3) is 0 Å². The minimum absolute atomic E-state index is 0.0187. The molecule has 1 heterocycles. The fraction of sp³-hybridized carbons (Fsp3) is 0.619. The maximum Gasteiger partial charge on any atom is 0.407 e. The summed E-state index contributed by atoms with van der Waals surface area (Å²) in [6.45, 7) is 10.6. The molecule has 1 unspecified atom stereocenters. The normalized spacial score (nSPS) is 15.6. The molecule has 0 radical (unpaired) electrons. The van der Waals surface area contributed by atoms with Gasteiger partial charge >= 0.3 is 6.09 Å². The van der Waals surface area contributed by atoms with Gasteiger partial charge in [-0.25, -0.2) is 4.79 Å². The highest BCUT2D eigenvalue weighted by Gasteiger charge is 2.20. The molecule has 1 aliphatic heterocycles. The van der Waals surface area contributed by atoms with E-state index in [1.54, 1.807) is 0 Å². The van der Waals surface area contributed by atoms with Gasteiger partial charge in [-0.2, -0.15) is 0 Å². The first-order valence-electron chi connectivity index (χ1n) is 9.79. The second-order valence-electron chi connectivity index (χ2n) is 8.17. The van der Waals surface area contributed by atoms with E-state index in [4.69, 9.17) is 4.74 Å². The number of nitrogens with one attached hydrogen (secondary N) is 2. The van der Waals surface area contributed by atoms with E-state index in [1.165, 1.54) is 11.1 Å². The number of rotatable bonds is 7. The summed E-state index contributed by atoms with van der Waals surface area (Å²) < 4.78 is 5.16. The molecule has 0 spiro atoms. The Kier molecular flexibility index (Phi) is 7.66. The van der Waals surface area contributed by atoms with Crippen LogP contribution in [0.15, 0.2) is 24.3 Å². The van der Waals surface area contributed by atoms with Gasteiger partial charge in [-0.1, -0.05) is 24.3 Å². The number of benzene rings is 1. The number of hydrogen-bond donors (Lipinski definition) is 2. The average Bonchev–Trinajstić information content (AvgIpc) is 2.61. The minimum atomic E-state index is -0.507. The van der Waals surface area contributed by atoms with Gasteiger partial charge < -0.3 is 15.4 Å². The molecule has 150 valence electrons. The van der Waals surface area contributed by atoms with Gasteiger partial charge in [0, 0.05) is 38.6 Å². The van der Waals surface area contributed by atoms with E-state index in [0.29, 0.717) is 32.0 Å². The van der Waals surface area contributed by atoms with Crippen molar-refractivity contribution in [1.29, 1.82) is 0 Å². The number of fused-ring (bicyclic) bond motifs is 1. The molecule has 0 aliphatic carbocycles. The van der Waals surface area contributed by atoms with Crippen molar-refractivity contribution in [3.05, 3.63) is 35.4 Å². The van der Waals surface area contributed by atoms with Crippen LogP contribution in [0, 0.1) is 0 Å². The van der Waals surface area contributed by atoms with Gasteiger partial charge in [-0.15, -0.1) is 0 Å². The van der Waals surface area contributed by atoms with E-state index in [1.807, 2.05) is 20.8 Å². The quantitative estimate of drug-likeness (QED) is 0.719. The van der Waals surface area contributed by atoms with E-state index in [2.05, 4.69) is 46.7 Å². The van der Waals surface area contributed by atoms with Crippen LogP contribution in [-0.4, -0.2) is 48.2 Å². The third kappa shape index (κ3) is 7.59. The largest absolute Gasteiger partial charge is 0.444 e. The lowest BCUT2D eigenvalue weighted by atomic mass is 9.99. The maximum atomic E-state index is 12.0.